The minimum Gasteiger partial charge on any atom is -0.478 e. The maximum atomic E-state index is 13.6. The molecule has 2 heterocycles. The van der Waals surface area contributed by atoms with Crippen LogP contribution in [0.1, 0.15) is 69.5 Å². The number of amides is 1. The Hall–Kier alpha value is -3.51. The minimum atomic E-state index is -0.964. The SMILES string of the molecule is Cc1cccc(CN2CCCCCCCN(C(=O)c3cccnc3)c3ccc(C(=O)O)cc3C2)c1. The lowest BCUT2D eigenvalue weighted by Crippen LogP contribution is -2.34. The van der Waals surface area contributed by atoms with Gasteiger partial charge in [-0.25, -0.2) is 4.79 Å². The van der Waals surface area contributed by atoms with Crippen LogP contribution in [0.4, 0.5) is 5.69 Å². The van der Waals surface area contributed by atoms with E-state index in [9.17, 15) is 14.7 Å². The highest BCUT2D eigenvalue weighted by Gasteiger charge is 2.23. The van der Waals surface area contributed by atoms with Crippen LogP contribution in [0.25, 0.3) is 0 Å². The van der Waals surface area contributed by atoms with Crippen molar-refractivity contribution in [1.82, 2.24) is 9.88 Å². The quantitative estimate of drug-likeness (QED) is 0.528. The zero-order chi connectivity index (χ0) is 24.6. The van der Waals surface area contributed by atoms with Crippen LogP contribution in [-0.2, 0) is 13.1 Å². The van der Waals surface area contributed by atoms with E-state index in [2.05, 4.69) is 41.1 Å². The Labute approximate surface area is 207 Å². The number of benzene rings is 2. The van der Waals surface area contributed by atoms with Crippen molar-refractivity contribution in [1.29, 1.82) is 0 Å². The standard InChI is InChI=1S/C29H33N3O3/c1-22-9-7-10-23(17-22)20-31-15-5-3-2-4-6-16-32(28(33)25-11-8-14-30-19-25)27-13-12-24(29(34)35)18-26(27)21-31/h7-14,17-19H,2-6,15-16,20-21H2,1H3,(H,34,35). The molecule has 1 aliphatic rings. The van der Waals surface area contributed by atoms with Crippen molar-refractivity contribution in [2.24, 2.45) is 0 Å². The van der Waals surface area contributed by atoms with Gasteiger partial charge in [0.05, 0.1) is 11.1 Å². The highest BCUT2D eigenvalue weighted by molar-refractivity contribution is 6.06. The summed E-state index contributed by atoms with van der Waals surface area (Å²) in [6, 6.07) is 17.2. The van der Waals surface area contributed by atoms with Crippen molar-refractivity contribution in [2.75, 3.05) is 18.0 Å². The van der Waals surface area contributed by atoms with Gasteiger partial charge in [-0.15, -0.1) is 0 Å². The van der Waals surface area contributed by atoms with Gasteiger partial charge in [-0.3, -0.25) is 14.7 Å². The number of carbonyl (C=O) groups excluding carboxylic acids is 1. The molecule has 1 amide bonds. The molecule has 0 radical (unpaired) electrons. The Balaban J connectivity index is 1.73. The zero-order valence-corrected chi connectivity index (χ0v) is 20.3. The van der Waals surface area contributed by atoms with Gasteiger partial charge < -0.3 is 10.0 Å². The van der Waals surface area contributed by atoms with E-state index in [0.717, 1.165) is 56.4 Å². The number of carboxylic acid groups (broad SMARTS) is 1. The summed E-state index contributed by atoms with van der Waals surface area (Å²) in [6.07, 6.45) is 8.58. The second kappa shape index (κ2) is 11.8. The van der Waals surface area contributed by atoms with Crippen molar-refractivity contribution in [3.63, 3.8) is 0 Å². The maximum Gasteiger partial charge on any atom is 0.335 e. The van der Waals surface area contributed by atoms with Crippen LogP contribution < -0.4 is 4.90 Å². The average molecular weight is 472 g/mol. The summed E-state index contributed by atoms with van der Waals surface area (Å²) in [5, 5.41) is 9.68. The fourth-order valence-corrected chi connectivity index (χ4v) is 4.74. The van der Waals surface area contributed by atoms with Gasteiger partial charge >= 0.3 is 5.97 Å². The molecule has 0 fully saturated rings. The molecule has 35 heavy (non-hydrogen) atoms. The molecule has 182 valence electrons. The third kappa shape index (κ3) is 6.55. The van der Waals surface area contributed by atoms with Crippen LogP contribution in [-0.4, -0.2) is 40.0 Å². The number of nitrogens with zero attached hydrogens (tertiary/aromatic N) is 3. The smallest absolute Gasteiger partial charge is 0.335 e. The van der Waals surface area contributed by atoms with Gasteiger partial charge in [-0.2, -0.15) is 0 Å². The molecule has 0 bridgehead atoms. The first-order valence-electron chi connectivity index (χ1n) is 12.4. The molecule has 6 nitrogen and oxygen atoms in total. The van der Waals surface area contributed by atoms with Crippen LogP contribution in [0.2, 0.25) is 0 Å². The number of aromatic nitrogens is 1. The molecule has 0 spiro atoms. The molecule has 3 aromatic rings. The van der Waals surface area contributed by atoms with Gasteiger partial charge in [0.25, 0.3) is 5.91 Å². The second-order valence-electron chi connectivity index (χ2n) is 9.31. The van der Waals surface area contributed by atoms with Crippen molar-refractivity contribution < 1.29 is 14.7 Å². The third-order valence-electron chi connectivity index (χ3n) is 6.51. The van der Waals surface area contributed by atoms with Gasteiger partial charge in [0, 0.05) is 37.7 Å². The summed E-state index contributed by atoms with van der Waals surface area (Å²) in [7, 11) is 0. The molecule has 6 heteroatoms. The Bertz CT molecular complexity index is 1160. The van der Waals surface area contributed by atoms with Gasteiger partial charge in [0.2, 0.25) is 0 Å². The first kappa shape index (κ1) is 24.6. The summed E-state index contributed by atoms with van der Waals surface area (Å²) in [6.45, 7) is 4.94. The Morgan fingerprint density at radius 2 is 1.71 bits per heavy atom. The highest BCUT2D eigenvalue weighted by Crippen LogP contribution is 2.28. The lowest BCUT2D eigenvalue weighted by atomic mass is 10.0. The molecule has 1 N–H and O–H groups in total. The van der Waals surface area contributed by atoms with Gasteiger partial charge in [-0.1, -0.05) is 49.1 Å². The predicted octanol–water partition coefficient (Wildman–Crippen LogP) is 5.70. The fourth-order valence-electron chi connectivity index (χ4n) is 4.74. The Kier molecular flexibility index (Phi) is 8.27. The van der Waals surface area contributed by atoms with E-state index in [1.165, 1.54) is 11.1 Å². The molecule has 0 saturated heterocycles. The van der Waals surface area contributed by atoms with Crippen molar-refractivity contribution >= 4 is 17.6 Å². The molecular formula is C29H33N3O3. The van der Waals surface area contributed by atoms with E-state index < -0.39 is 5.97 Å². The number of fused-ring (bicyclic) bond motifs is 1. The summed E-state index contributed by atoms with van der Waals surface area (Å²) in [4.78, 5) is 33.7. The molecule has 0 saturated carbocycles. The number of hydrogen-bond acceptors (Lipinski definition) is 4. The normalized spacial score (nSPS) is 15.5. The molecule has 4 rings (SSSR count). The number of pyridine rings is 1. The van der Waals surface area contributed by atoms with Crippen molar-refractivity contribution in [3.8, 4) is 0 Å². The third-order valence-corrected chi connectivity index (χ3v) is 6.51. The number of anilines is 1. The summed E-state index contributed by atoms with van der Waals surface area (Å²) in [5.41, 5.74) is 4.86. The molecular weight excluding hydrogens is 438 g/mol. The van der Waals surface area contributed by atoms with E-state index in [1.54, 1.807) is 42.7 Å². The monoisotopic (exact) mass is 471 g/mol. The Morgan fingerprint density at radius 1 is 0.914 bits per heavy atom. The topological polar surface area (TPSA) is 73.7 Å². The van der Waals surface area contributed by atoms with E-state index in [0.29, 0.717) is 18.7 Å². The second-order valence-corrected chi connectivity index (χ2v) is 9.31. The first-order chi connectivity index (χ1) is 17.0. The first-order valence-corrected chi connectivity index (χ1v) is 12.4. The number of hydrogen-bond donors (Lipinski definition) is 1. The largest absolute Gasteiger partial charge is 0.478 e. The predicted molar refractivity (Wildman–Crippen MR) is 138 cm³/mol. The number of carboxylic acids is 1. The van der Waals surface area contributed by atoms with Crippen LogP contribution in [0.15, 0.2) is 67.0 Å². The van der Waals surface area contributed by atoms with E-state index >= 15 is 0 Å². The minimum absolute atomic E-state index is 0.107. The molecule has 0 unspecified atom stereocenters. The Morgan fingerprint density at radius 3 is 2.46 bits per heavy atom. The van der Waals surface area contributed by atoms with Crippen LogP contribution >= 0.6 is 0 Å². The molecule has 0 atom stereocenters. The molecule has 2 aromatic carbocycles. The van der Waals surface area contributed by atoms with Gasteiger partial charge in [-0.05, 0) is 67.8 Å². The van der Waals surface area contributed by atoms with Crippen molar-refractivity contribution in [2.45, 2.75) is 52.1 Å². The van der Waals surface area contributed by atoms with Gasteiger partial charge in [0.15, 0.2) is 0 Å². The lowest BCUT2D eigenvalue weighted by molar-refractivity contribution is 0.0696. The maximum absolute atomic E-state index is 13.6. The fraction of sp³-hybridized carbons (Fsp3) is 0.345. The molecule has 0 aliphatic carbocycles. The highest BCUT2D eigenvalue weighted by atomic mass is 16.4. The van der Waals surface area contributed by atoms with E-state index in [4.69, 9.17) is 0 Å². The molecule has 1 aromatic heterocycles. The van der Waals surface area contributed by atoms with Crippen molar-refractivity contribution in [3.05, 3.63) is 94.8 Å². The number of carbonyl (C=O) groups is 2. The van der Waals surface area contributed by atoms with Gasteiger partial charge in [0.1, 0.15) is 0 Å². The van der Waals surface area contributed by atoms with Crippen LogP contribution in [0, 0.1) is 6.92 Å². The molecule has 1 aliphatic heterocycles. The summed E-state index contributed by atoms with van der Waals surface area (Å²) in [5.74, 6) is -1.07. The average Bonchev–Trinajstić information content (AvgIpc) is 2.85. The van der Waals surface area contributed by atoms with Crippen LogP contribution in [0.3, 0.4) is 0 Å². The van der Waals surface area contributed by atoms with E-state index in [1.807, 2.05) is 4.90 Å². The number of aryl methyl sites for hydroxylation is 1. The summed E-state index contributed by atoms with van der Waals surface area (Å²) < 4.78 is 0. The lowest BCUT2D eigenvalue weighted by Gasteiger charge is -2.30. The summed E-state index contributed by atoms with van der Waals surface area (Å²) >= 11 is 0. The van der Waals surface area contributed by atoms with Crippen LogP contribution in [0.5, 0.6) is 0 Å². The number of rotatable bonds is 4. The number of aromatic carboxylic acids is 1. The zero-order valence-electron chi connectivity index (χ0n) is 20.3. The van der Waals surface area contributed by atoms with E-state index in [-0.39, 0.29) is 11.5 Å².